The van der Waals surface area contributed by atoms with Crippen LogP contribution in [0.5, 0.6) is 0 Å². The number of carbonyl (C=O) groups is 1. The van der Waals surface area contributed by atoms with Gasteiger partial charge in [0.2, 0.25) is 5.91 Å². The fraction of sp³-hybridized carbons (Fsp3) is 0.526. The highest BCUT2D eigenvalue weighted by Gasteiger charge is 2.43. The van der Waals surface area contributed by atoms with E-state index < -0.39 is 5.54 Å². The van der Waals surface area contributed by atoms with E-state index in [4.69, 9.17) is 0 Å². The fourth-order valence-corrected chi connectivity index (χ4v) is 3.41. The maximum Gasteiger partial charge on any atom is 0.244 e. The van der Waals surface area contributed by atoms with Gasteiger partial charge in [0.25, 0.3) is 0 Å². The van der Waals surface area contributed by atoms with E-state index in [0.717, 1.165) is 49.3 Å². The summed E-state index contributed by atoms with van der Waals surface area (Å²) in [5.41, 5.74) is 2.73. The number of hydrogen-bond acceptors (Lipinski definition) is 3. The SMILES string of the molecule is C=CCN1CCC(C(=O)Nc2c(C)cccc2C)(N(C)C)CC1. The number of rotatable bonds is 5. The zero-order chi connectivity index (χ0) is 17.0. The highest BCUT2D eigenvalue weighted by molar-refractivity contribution is 5.99. The van der Waals surface area contributed by atoms with Gasteiger partial charge in [0.15, 0.2) is 0 Å². The summed E-state index contributed by atoms with van der Waals surface area (Å²) in [6.07, 6.45) is 3.61. The van der Waals surface area contributed by atoms with Crippen molar-refractivity contribution in [3.05, 3.63) is 42.0 Å². The Morgan fingerprint density at radius 3 is 2.35 bits per heavy atom. The second-order valence-corrected chi connectivity index (χ2v) is 6.74. The number of aryl methyl sites for hydroxylation is 2. The van der Waals surface area contributed by atoms with Crippen LogP contribution in [0.1, 0.15) is 24.0 Å². The molecule has 1 aliphatic rings. The zero-order valence-corrected chi connectivity index (χ0v) is 14.9. The summed E-state index contributed by atoms with van der Waals surface area (Å²) in [5, 5.41) is 3.20. The Balaban J connectivity index is 2.18. The van der Waals surface area contributed by atoms with Crippen LogP contribution in [-0.4, -0.2) is 55.0 Å². The van der Waals surface area contributed by atoms with E-state index in [9.17, 15) is 4.79 Å². The van der Waals surface area contributed by atoms with Crippen LogP contribution < -0.4 is 5.32 Å². The number of piperidine rings is 1. The summed E-state index contributed by atoms with van der Waals surface area (Å²) in [6, 6.07) is 6.10. The van der Waals surface area contributed by atoms with Gasteiger partial charge in [-0.15, -0.1) is 6.58 Å². The molecule has 0 atom stereocenters. The Hall–Kier alpha value is -1.65. The van der Waals surface area contributed by atoms with Gasteiger partial charge < -0.3 is 5.32 Å². The lowest BCUT2D eigenvalue weighted by molar-refractivity contribution is -0.129. The van der Waals surface area contributed by atoms with E-state index in [1.807, 2.05) is 52.2 Å². The van der Waals surface area contributed by atoms with Crippen molar-refractivity contribution >= 4 is 11.6 Å². The maximum atomic E-state index is 13.1. The number of benzene rings is 1. The molecule has 1 fully saturated rings. The minimum absolute atomic E-state index is 0.109. The Morgan fingerprint density at radius 1 is 1.30 bits per heavy atom. The number of anilines is 1. The number of likely N-dealkylation sites (tertiary alicyclic amines) is 1. The summed E-state index contributed by atoms with van der Waals surface area (Å²) < 4.78 is 0. The quantitative estimate of drug-likeness (QED) is 0.849. The van der Waals surface area contributed by atoms with Crippen molar-refractivity contribution in [1.29, 1.82) is 0 Å². The number of likely N-dealkylation sites (N-methyl/N-ethyl adjacent to an activating group) is 1. The highest BCUT2D eigenvalue weighted by Crippen LogP contribution is 2.30. The van der Waals surface area contributed by atoms with Gasteiger partial charge in [-0.25, -0.2) is 0 Å². The van der Waals surface area contributed by atoms with Crippen LogP contribution >= 0.6 is 0 Å². The number of amides is 1. The van der Waals surface area contributed by atoms with Crippen molar-refractivity contribution in [1.82, 2.24) is 9.80 Å². The molecule has 0 aliphatic carbocycles. The van der Waals surface area contributed by atoms with E-state index in [1.165, 1.54) is 0 Å². The summed E-state index contributed by atoms with van der Waals surface area (Å²) in [7, 11) is 4.01. The van der Waals surface area contributed by atoms with E-state index in [2.05, 4.69) is 21.7 Å². The molecule has 2 rings (SSSR count). The first kappa shape index (κ1) is 17.7. The van der Waals surface area contributed by atoms with Crippen molar-refractivity contribution < 1.29 is 4.79 Å². The van der Waals surface area contributed by atoms with Gasteiger partial charge in [0, 0.05) is 25.3 Å². The van der Waals surface area contributed by atoms with Gasteiger partial charge >= 0.3 is 0 Å². The number of para-hydroxylation sites is 1. The van der Waals surface area contributed by atoms with Crippen LogP contribution in [0.3, 0.4) is 0 Å². The molecular weight excluding hydrogens is 286 g/mol. The Morgan fingerprint density at radius 2 is 1.87 bits per heavy atom. The molecule has 126 valence electrons. The standard InChI is InChI=1S/C19H29N3O/c1-6-12-22-13-10-19(11-14-22,21(4)5)18(23)20-17-15(2)8-7-9-16(17)3/h6-9H,1,10-14H2,2-5H3,(H,20,23). The zero-order valence-electron chi connectivity index (χ0n) is 14.9. The molecule has 0 bridgehead atoms. The summed E-state index contributed by atoms with van der Waals surface area (Å²) >= 11 is 0. The van der Waals surface area contributed by atoms with Crippen LogP contribution in [0.15, 0.2) is 30.9 Å². The topological polar surface area (TPSA) is 35.6 Å². The molecule has 0 spiro atoms. The molecule has 23 heavy (non-hydrogen) atoms. The first-order valence-electron chi connectivity index (χ1n) is 8.29. The molecule has 1 aromatic carbocycles. The number of nitrogens with one attached hydrogen (secondary N) is 1. The minimum atomic E-state index is -0.438. The molecule has 1 heterocycles. The van der Waals surface area contributed by atoms with Gasteiger partial charge in [-0.2, -0.15) is 0 Å². The minimum Gasteiger partial charge on any atom is -0.324 e. The maximum absolute atomic E-state index is 13.1. The van der Waals surface area contributed by atoms with Gasteiger partial charge in [0.05, 0.1) is 0 Å². The molecule has 0 aromatic heterocycles. The molecule has 4 nitrogen and oxygen atoms in total. The predicted molar refractivity (Wildman–Crippen MR) is 96.8 cm³/mol. The molecule has 1 N–H and O–H groups in total. The lowest BCUT2D eigenvalue weighted by Gasteiger charge is -2.44. The summed E-state index contributed by atoms with van der Waals surface area (Å²) in [4.78, 5) is 17.5. The third-order valence-corrected chi connectivity index (χ3v) is 5.07. The summed E-state index contributed by atoms with van der Waals surface area (Å²) in [5.74, 6) is 0.109. The van der Waals surface area contributed by atoms with Crippen LogP contribution in [-0.2, 0) is 4.79 Å². The first-order chi connectivity index (χ1) is 10.9. The average Bonchev–Trinajstić information content (AvgIpc) is 2.52. The Labute approximate surface area is 140 Å². The highest BCUT2D eigenvalue weighted by atomic mass is 16.2. The number of nitrogens with zero attached hydrogens (tertiary/aromatic N) is 2. The molecule has 1 aliphatic heterocycles. The second kappa shape index (κ2) is 7.28. The third-order valence-electron chi connectivity index (χ3n) is 5.07. The Kier molecular flexibility index (Phi) is 5.60. The van der Waals surface area contributed by atoms with Crippen molar-refractivity contribution in [3.8, 4) is 0 Å². The van der Waals surface area contributed by atoms with Crippen molar-refractivity contribution in [3.63, 3.8) is 0 Å². The van der Waals surface area contributed by atoms with E-state index >= 15 is 0 Å². The van der Waals surface area contributed by atoms with Gasteiger partial charge in [-0.1, -0.05) is 24.3 Å². The molecule has 0 saturated carbocycles. The molecule has 1 saturated heterocycles. The van der Waals surface area contributed by atoms with Crippen molar-refractivity contribution in [2.75, 3.05) is 39.0 Å². The number of hydrogen-bond donors (Lipinski definition) is 1. The van der Waals surface area contributed by atoms with Crippen LogP contribution in [0, 0.1) is 13.8 Å². The lowest BCUT2D eigenvalue weighted by atomic mass is 9.85. The average molecular weight is 315 g/mol. The molecule has 0 radical (unpaired) electrons. The predicted octanol–water partition coefficient (Wildman–Crippen LogP) is 2.82. The smallest absolute Gasteiger partial charge is 0.244 e. The second-order valence-electron chi connectivity index (χ2n) is 6.74. The lowest BCUT2D eigenvalue weighted by Crippen LogP contribution is -2.59. The third kappa shape index (κ3) is 3.65. The molecule has 1 amide bonds. The monoisotopic (exact) mass is 315 g/mol. The fourth-order valence-electron chi connectivity index (χ4n) is 3.41. The molecule has 4 heteroatoms. The van der Waals surface area contributed by atoms with Gasteiger partial charge in [-0.3, -0.25) is 14.6 Å². The van der Waals surface area contributed by atoms with Crippen LogP contribution in [0.2, 0.25) is 0 Å². The van der Waals surface area contributed by atoms with Crippen molar-refractivity contribution in [2.24, 2.45) is 0 Å². The molecule has 1 aromatic rings. The Bertz CT molecular complexity index is 552. The van der Waals surface area contributed by atoms with Crippen molar-refractivity contribution in [2.45, 2.75) is 32.2 Å². The van der Waals surface area contributed by atoms with Gasteiger partial charge in [-0.05, 0) is 51.9 Å². The number of carbonyl (C=O) groups excluding carboxylic acids is 1. The van der Waals surface area contributed by atoms with E-state index in [0.29, 0.717) is 0 Å². The molecular formula is C19H29N3O. The van der Waals surface area contributed by atoms with E-state index in [1.54, 1.807) is 0 Å². The van der Waals surface area contributed by atoms with Gasteiger partial charge in [0.1, 0.15) is 5.54 Å². The largest absolute Gasteiger partial charge is 0.324 e. The first-order valence-corrected chi connectivity index (χ1v) is 8.29. The van der Waals surface area contributed by atoms with Crippen LogP contribution in [0.4, 0.5) is 5.69 Å². The molecule has 0 unspecified atom stereocenters. The summed E-state index contributed by atoms with van der Waals surface area (Å²) in [6.45, 7) is 10.6. The van der Waals surface area contributed by atoms with E-state index in [-0.39, 0.29) is 5.91 Å². The normalized spacial score (nSPS) is 18.0. The van der Waals surface area contributed by atoms with Crippen LogP contribution in [0.25, 0.3) is 0 Å².